The molecule has 0 saturated carbocycles. The van der Waals surface area contributed by atoms with Crippen LogP contribution in [0.4, 0.5) is 0 Å². The van der Waals surface area contributed by atoms with Crippen molar-refractivity contribution < 1.29 is 47.6 Å². The Morgan fingerprint density at radius 1 is 0.920 bits per heavy atom. The van der Waals surface area contributed by atoms with Gasteiger partial charge in [-0.05, 0) is 0 Å². The van der Waals surface area contributed by atoms with Gasteiger partial charge in [-0.15, -0.1) is 0 Å². The van der Waals surface area contributed by atoms with Gasteiger partial charge in [0, 0.05) is 21.0 Å². The zero-order valence-electron chi connectivity index (χ0n) is 14.7. The first-order valence-corrected chi connectivity index (χ1v) is 7.41. The Kier molecular flexibility index (Phi) is 7.78. The van der Waals surface area contributed by atoms with Gasteiger partial charge in [0.15, 0.2) is 18.3 Å². The van der Waals surface area contributed by atoms with Crippen LogP contribution in [-0.4, -0.2) is 70.3 Å². The van der Waals surface area contributed by atoms with Gasteiger partial charge in [-0.2, -0.15) is 0 Å². The van der Waals surface area contributed by atoms with E-state index in [4.69, 9.17) is 18.9 Å². The van der Waals surface area contributed by atoms with Gasteiger partial charge in [0.25, 0.3) is 0 Å². The molecule has 1 aliphatic rings. The molecular formula is C15H22O10. The predicted molar refractivity (Wildman–Crippen MR) is 78.9 cm³/mol. The quantitative estimate of drug-likeness (QED) is 0.345. The summed E-state index contributed by atoms with van der Waals surface area (Å²) in [5.74, 6) is -5.86. The van der Waals surface area contributed by atoms with Crippen LogP contribution in [-0.2, 0) is 47.6 Å². The zero-order chi connectivity index (χ0) is 19.1. The molecule has 25 heavy (non-hydrogen) atoms. The number of hydrogen-bond donors (Lipinski definition) is 0. The van der Waals surface area contributed by atoms with Gasteiger partial charge >= 0.3 is 23.9 Å². The maximum Gasteiger partial charge on any atom is 0.320 e. The molecule has 10 nitrogen and oxygen atoms in total. The van der Waals surface area contributed by atoms with Crippen molar-refractivity contribution in [2.24, 2.45) is 11.8 Å². The fraction of sp³-hybridized carbons (Fsp3) is 0.733. The van der Waals surface area contributed by atoms with E-state index in [-0.39, 0.29) is 6.61 Å². The molecule has 0 aromatic carbocycles. The minimum absolute atomic E-state index is 0.151. The second-order valence-corrected chi connectivity index (χ2v) is 5.26. The van der Waals surface area contributed by atoms with E-state index in [1.165, 1.54) is 14.0 Å². The molecule has 10 heteroatoms. The average molecular weight is 362 g/mol. The van der Waals surface area contributed by atoms with Crippen molar-refractivity contribution in [2.75, 3.05) is 27.9 Å². The molecule has 0 aliphatic carbocycles. The van der Waals surface area contributed by atoms with Crippen LogP contribution in [0.5, 0.6) is 0 Å². The molecule has 1 fully saturated rings. The monoisotopic (exact) mass is 362 g/mol. The lowest BCUT2D eigenvalue weighted by Crippen LogP contribution is -2.58. The van der Waals surface area contributed by atoms with Crippen molar-refractivity contribution in [1.82, 2.24) is 0 Å². The fourth-order valence-electron chi connectivity index (χ4n) is 2.70. The molecule has 0 bridgehead atoms. The Bertz CT molecular complexity index is 500. The Morgan fingerprint density at radius 2 is 1.44 bits per heavy atom. The van der Waals surface area contributed by atoms with E-state index in [0.29, 0.717) is 0 Å². The number of carbonyl (C=O) groups excluding carboxylic acids is 4. The van der Waals surface area contributed by atoms with Crippen LogP contribution in [0, 0.1) is 11.8 Å². The van der Waals surface area contributed by atoms with Gasteiger partial charge in [-0.1, -0.05) is 0 Å². The molecule has 1 heterocycles. The summed E-state index contributed by atoms with van der Waals surface area (Å²) in [6.07, 6.45) is -3.31. The minimum atomic E-state index is -1.51. The van der Waals surface area contributed by atoms with Gasteiger partial charge < -0.3 is 28.4 Å². The molecule has 1 aliphatic heterocycles. The molecular weight excluding hydrogens is 340 g/mol. The number of carbonyl (C=O) groups is 4. The van der Waals surface area contributed by atoms with Gasteiger partial charge in [-0.25, -0.2) is 0 Å². The third-order valence-electron chi connectivity index (χ3n) is 3.63. The van der Waals surface area contributed by atoms with Gasteiger partial charge in [0.2, 0.25) is 0 Å². The highest BCUT2D eigenvalue weighted by atomic mass is 16.7. The summed E-state index contributed by atoms with van der Waals surface area (Å²) in [6, 6.07) is 0. The minimum Gasteiger partial charge on any atom is -0.468 e. The average Bonchev–Trinajstić information content (AvgIpc) is 2.56. The van der Waals surface area contributed by atoms with Gasteiger partial charge in [0.1, 0.15) is 6.10 Å². The van der Waals surface area contributed by atoms with Crippen LogP contribution < -0.4 is 0 Å². The maximum absolute atomic E-state index is 12.2. The summed E-state index contributed by atoms with van der Waals surface area (Å²) >= 11 is 0. The van der Waals surface area contributed by atoms with Crippen LogP contribution in [0.25, 0.3) is 0 Å². The Morgan fingerprint density at radius 3 is 1.84 bits per heavy atom. The molecule has 1 rings (SSSR count). The molecule has 0 amide bonds. The highest BCUT2D eigenvalue weighted by molar-refractivity contribution is 5.95. The molecule has 0 unspecified atom stereocenters. The number of ether oxygens (including phenoxy) is 6. The molecule has 0 aromatic rings. The first-order valence-electron chi connectivity index (χ1n) is 7.41. The highest BCUT2D eigenvalue weighted by Gasteiger charge is 2.54. The van der Waals surface area contributed by atoms with E-state index < -0.39 is 54.2 Å². The summed E-state index contributed by atoms with van der Waals surface area (Å²) in [5, 5.41) is 0. The summed E-state index contributed by atoms with van der Waals surface area (Å²) in [4.78, 5) is 47.1. The SMILES string of the molecule is COC(=O)C(C(=O)OC)[C@H]1[C@@H](OC)OC[C@@H](OC(C)=O)[C@@H]1OC(C)=O. The fourth-order valence-corrected chi connectivity index (χ4v) is 2.70. The molecule has 0 radical (unpaired) electrons. The largest absolute Gasteiger partial charge is 0.468 e. The topological polar surface area (TPSA) is 124 Å². The van der Waals surface area contributed by atoms with E-state index in [2.05, 4.69) is 9.47 Å². The van der Waals surface area contributed by atoms with E-state index in [9.17, 15) is 19.2 Å². The van der Waals surface area contributed by atoms with E-state index in [0.717, 1.165) is 21.1 Å². The van der Waals surface area contributed by atoms with Gasteiger partial charge in [-0.3, -0.25) is 19.2 Å². The van der Waals surface area contributed by atoms with Crippen molar-refractivity contribution in [1.29, 1.82) is 0 Å². The zero-order valence-corrected chi connectivity index (χ0v) is 14.7. The van der Waals surface area contributed by atoms with Crippen LogP contribution in [0.2, 0.25) is 0 Å². The summed E-state index contributed by atoms with van der Waals surface area (Å²) in [5.41, 5.74) is 0. The third-order valence-corrected chi connectivity index (χ3v) is 3.63. The summed E-state index contributed by atoms with van der Waals surface area (Å²) in [7, 11) is 3.47. The van der Waals surface area contributed by atoms with Crippen molar-refractivity contribution in [3.8, 4) is 0 Å². The van der Waals surface area contributed by atoms with E-state index in [1.54, 1.807) is 0 Å². The molecule has 0 N–H and O–H groups in total. The lowest BCUT2D eigenvalue weighted by Gasteiger charge is -2.42. The van der Waals surface area contributed by atoms with Crippen LogP contribution in [0.1, 0.15) is 13.8 Å². The molecule has 0 spiro atoms. The van der Waals surface area contributed by atoms with Crippen molar-refractivity contribution in [3.63, 3.8) is 0 Å². The molecule has 142 valence electrons. The van der Waals surface area contributed by atoms with Crippen LogP contribution in [0.15, 0.2) is 0 Å². The number of rotatable bonds is 6. The normalized spacial score (nSPS) is 25.8. The number of methoxy groups -OCH3 is 3. The highest BCUT2D eigenvalue weighted by Crippen LogP contribution is 2.34. The lowest BCUT2D eigenvalue weighted by atomic mass is 9.82. The van der Waals surface area contributed by atoms with Gasteiger partial charge in [0.05, 0.1) is 26.7 Å². The Hall–Kier alpha value is -2.20. The smallest absolute Gasteiger partial charge is 0.320 e. The second-order valence-electron chi connectivity index (χ2n) is 5.26. The first-order chi connectivity index (χ1) is 11.8. The Balaban J connectivity index is 3.34. The lowest BCUT2D eigenvalue weighted by molar-refractivity contribution is -0.262. The number of hydrogen-bond acceptors (Lipinski definition) is 10. The molecule has 4 atom stereocenters. The van der Waals surface area contributed by atoms with Crippen LogP contribution in [0.3, 0.4) is 0 Å². The molecule has 0 aromatic heterocycles. The van der Waals surface area contributed by atoms with Crippen molar-refractivity contribution in [3.05, 3.63) is 0 Å². The van der Waals surface area contributed by atoms with Crippen molar-refractivity contribution in [2.45, 2.75) is 32.3 Å². The summed E-state index contributed by atoms with van der Waals surface area (Å²) in [6.45, 7) is 2.16. The summed E-state index contributed by atoms with van der Waals surface area (Å²) < 4.78 is 30.2. The van der Waals surface area contributed by atoms with E-state index >= 15 is 0 Å². The standard InChI is InChI=1S/C15H22O10/c1-7(16)24-9-6-23-15(22-5)10(12(9)25-8(2)17)11(13(18)20-3)14(19)21-4/h9-12,15H,6H2,1-5H3/t9-,10-,12+,15+/m1/s1. The van der Waals surface area contributed by atoms with Crippen molar-refractivity contribution >= 4 is 23.9 Å². The number of esters is 4. The second kappa shape index (κ2) is 9.33. The van der Waals surface area contributed by atoms with E-state index in [1.807, 2.05) is 0 Å². The predicted octanol–water partition coefficient (Wildman–Crippen LogP) is -0.569. The third kappa shape index (κ3) is 5.13. The maximum atomic E-state index is 12.2. The first kappa shape index (κ1) is 20.8. The van der Waals surface area contributed by atoms with Crippen LogP contribution >= 0.6 is 0 Å². The Labute approximate surface area is 144 Å². The molecule has 1 saturated heterocycles.